The third-order valence-electron chi connectivity index (χ3n) is 2.10. The lowest BCUT2D eigenvalue weighted by atomic mass is 10.2. The van der Waals surface area contributed by atoms with Gasteiger partial charge in [0.15, 0.2) is 0 Å². The van der Waals surface area contributed by atoms with Crippen molar-refractivity contribution in [3.63, 3.8) is 0 Å². The van der Waals surface area contributed by atoms with E-state index in [2.05, 4.69) is 10.1 Å². The van der Waals surface area contributed by atoms with Crippen LogP contribution in [0.5, 0.6) is 0 Å². The first-order valence-corrected chi connectivity index (χ1v) is 4.19. The molecule has 0 atom stereocenters. The summed E-state index contributed by atoms with van der Waals surface area (Å²) in [7, 11) is 3.53. The van der Waals surface area contributed by atoms with E-state index < -0.39 is 0 Å². The maximum Gasteiger partial charge on any atom is 0.228 e. The average molecular weight is 190 g/mol. The Morgan fingerprint density at radius 2 is 2.14 bits per heavy atom. The molecule has 0 amide bonds. The Bertz CT molecular complexity index is 426. The van der Waals surface area contributed by atoms with Crippen molar-refractivity contribution in [2.24, 2.45) is 14.1 Å². The van der Waals surface area contributed by atoms with Gasteiger partial charge in [0, 0.05) is 20.3 Å². The predicted molar refractivity (Wildman–Crippen MR) is 49.8 cm³/mol. The van der Waals surface area contributed by atoms with Crippen molar-refractivity contribution in [1.29, 1.82) is 0 Å². The van der Waals surface area contributed by atoms with Gasteiger partial charge in [-0.3, -0.25) is 9.48 Å². The number of hydrogen-bond acceptors (Lipinski definition) is 3. The molecule has 14 heavy (non-hydrogen) atoms. The number of rotatable bonds is 2. The van der Waals surface area contributed by atoms with Crippen molar-refractivity contribution in [3.8, 4) is 0 Å². The van der Waals surface area contributed by atoms with Crippen molar-refractivity contribution in [2.75, 3.05) is 0 Å². The summed E-state index contributed by atoms with van der Waals surface area (Å²) in [6.07, 6.45) is 4.75. The zero-order valence-corrected chi connectivity index (χ0v) is 8.01. The van der Waals surface area contributed by atoms with Crippen LogP contribution in [0.4, 0.5) is 0 Å². The molecular formula is C9H10N4O. The van der Waals surface area contributed by atoms with E-state index in [0.717, 1.165) is 0 Å². The van der Waals surface area contributed by atoms with Crippen LogP contribution in [0.25, 0.3) is 0 Å². The summed E-state index contributed by atoms with van der Waals surface area (Å²) in [6.45, 7) is 0. The third kappa shape index (κ3) is 1.22. The fraction of sp³-hybridized carbons (Fsp3) is 0.222. The van der Waals surface area contributed by atoms with Crippen LogP contribution in [-0.4, -0.2) is 25.1 Å². The molecule has 72 valence electrons. The van der Waals surface area contributed by atoms with Gasteiger partial charge in [0.1, 0.15) is 11.4 Å². The smallest absolute Gasteiger partial charge is 0.228 e. The van der Waals surface area contributed by atoms with Gasteiger partial charge in [-0.1, -0.05) is 0 Å². The van der Waals surface area contributed by atoms with Gasteiger partial charge in [-0.15, -0.1) is 0 Å². The van der Waals surface area contributed by atoms with E-state index in [9.17, 15) is 4.79 Å². The Morgan fingerprint density at radius 3 is 2.64 bits per heavy atom. The highest BCUT2D eigenvalue weighted by Crippen LogP contribution is 2.06. The van der Waals surface area contributed by atoms with E-state index in [0.29, 0.717) is 11.4 Å². The monoisotopic (exact) mass is 190 g/mol. The van der Waals surface area contributed by atoms with Crippen LogP contribution in [0, 0.1) is 0 Å². The molecule has 0 aliphatic heterocycles. The fourth-order valence-corrected chi connectivity index (χ4v) is 1.30. The molecule has 2 heterocycles. The predicted octanol–water partition coefficient (Wildman–Crippen LogP) is 0.385. The van der Waals surface area contributed by atoms with E-state index in [1.807, 2.05) is 0 Å². The fourth-order valence-electron chi connectivity index (χ4n) is 1.30. The minimum absolute atomic E-state index is 0.0648. The summed E-state index contributed by atoms with van der Waals surface area (Å²) >= 11 is 0. The van der Waals surface area contributed by atoms with Crippen molar-refractivity contribution >= 4 is 5.78 Å². The van der Waals surface area contributed by atoms with E-state index in [1.54, 1.807) is 48.1 Å². The Kier molecular flexibility index (Phi) is 1.92. The maximum atomic E-state index is 11.9. The summed E-state index contributed by atoms with van der Waals surface area (Å²) in [5, 5.41) is 3.94. The van der Waals surface area contributed by atoms with E-state index in [4.69, 9.17) is 0 Å². The molecule has 2 aromatic heterocycles. The molecule has 0 aromatic carbocycles. The van der Waals surface area contributed by atoms with Gasteiger partial charge in [-0.05, 0) is 6.07 Å². The minimum atomic E-state index is -0.0648. The lowest BCUT2D eigenvalue weighted by Gasteiger charge is -2.01. The molecule has 0 radical (unpaired) electrons. The highest BCUT2D eigenvalue weighted by Gasteiger charge is 2.15. The maximum absolute atomic E-state index is 11.9. The van der Waals surface area contributed by atoms with Gasteiger partial charge >= 0.3 is 0 Å². The van der Waals surface area contributed by atoms with Crippen molar-refractivity contribution in [1.82, 2.24) is 19.3 Å². The number of ketones is 1. The minimum Gasteiger partial charge on any atom is -0.331 e. The van der Waals surface area contributed by atoms with Crippen LogP contribution in [0.2, 0.25) is 0 Å². The quantitative estimate of drug-likeness (QED) is 0.643. The Morgan fingerprint density at radius 1 is 1.36 bits per heavy atom. The van der Waals surface area contributed by atoms with Crippen LogP contribution in [0.3, 0.4) is 0 Å². The SMILES string of the molecule is Cn1cncc1C(=O)c1ccnn1C. The lowest BCUT2D eigenvalue weighted by molar-refractivity contribution is 0.102. The first-order valence-electron chi connectivity index (χ1n) is 4.19. The van der Waals surface area contributed by atoms with E-state index in [-0.39, 0.29) is 5.78 Å². The number of nitrogens with zero attached hydrogens (tertiary/aromatic N) is 4. The van der Waals surface area contributed by atoms with Crippen LogP contribution < -0.4 is 0 Å². The van der Waals surface area contributed by atoms with Gasteiger partial charge in [0.25, 0.3) is 0 Å². The normalized spacial score (nSPS) is 10.4. The first-order chi connectivity index (χ1) is 6.70. The second-order valence-corrected chi connectivity index (χ2v) is 3.06. The molecule has 2 aromatic rings. The average Bonchev–Trinajstić information content (AvgIpc) is 2.73. The molecule has 0 N–H and O–H groups in total. The summed E-state index contributed by atoms with van der Waals surface area (Å²) in [4.78, 5) is 15.8. The number of carbonyl (C=O) groups is 1. The van der Waals surface area contributed by atoms with E-state index >= 15 is 0 Å². The van der Waals surface area contributed by atoms with Gasteiger partial charge in [0.2, 0.25) is 5.78 Å². The topological polar surface area (TPSA) is 52.7 Å². The molecule has 0 aliphatic carbocycles. The molecule has 0 aliphatic rings. The summed E-state index contributed by atoms with van der Waals surface area (Å²) in [5.41, 5.74) is 1.13. The molecule has 0 saturated carbocycles. The molecule has 2 rings (SSSR count). The number of aromatic nitrogens is 4. The van der Waals surface area contributed by atoms with Gasteiger partial charge < -0.3 is 4.57 Å². The molecule has 0 saturated heterocycles. The van der Waals surface area contributed by atoms with Crippen molar-refractivity contribution in [3.05, 3.63) is 36.2 Å². The molecule has 0 fully saturated rings. The lowest BCUT2D eigenvalue weighted by Crippen LogP contribution is -2.11. The zero-order valence-electron chi connectivity index (χ0n) is 8.01. The second kappa shape index (κ2) is 3.10. The molecule has 5 nitrogen and oxygen atoms in total. The Hall–Kier alpha value is -1.91. The second-order valence-electron chi connectivity index (χ2n) is 3.06. The van der Waals surface area contributed by atoms with Gasteiger partial charge in [-0.25, -0.2) is 4.98 Å². The van der Waals surface area contributed by atoms with E-state index in [1.165, 1.54) is 0 Å². The summed E-state index contributed by atoms with van der Waals surface area (Å²) < 4.78 is 3.24. The highest BCUT2D eigenvalue weighted by atomic mass is 16.1. The van der Waals surface area contributed by atoms with Crippen LogP contribution in [0.1, 0.15) is 16.2 Å². The summed E-state index contributed by atoms with van der Waals surface area (Å²) in [6, 6.07) is 1.69. The molecule has 0 bridgehead atoms. The van der Waals surface area contributed by atoms with Crippen molar-refractivity contribution in [2.45, 2.75) is 0 Å². The number of imidazole rings is 1. The number of carbonyl (C=O) groups excluding carboxylic acids is 1. The van der Waals surface area contributed by atoms with Crippen LogP contribution in [-0.2, 0) is 14.1 Å². The molecule has 5 heteroatoms. The molecule has 0 spiro atoms. The third-order valence-corrected chi connectivity index (χ3v) is 2.10. The van der Waals surface area contributed by atoms with Gasteiger partial charge in [0.05, 0.1) is 12.5 Å². The Labute approximate surface area is 81.0 Å². The number of hydrogen-bond donors (Lipinski definition) is 0. The largest absolute Gasteiger partial charge is 0.331 e. The van der Waals surface area contributed by atoms with Crippen LogP contribution >= 0.6 is 0 Å². The Balaban J connectivity index is 2.44. The zero-order chi connectivity index (χ0) is 10.1. The van der Waals surface area contributed by atoms with Crippen LogP contribution in [0.15, 0.2) is 24.8 Å². The summed E-state index contributed by atoms with van der Waals surface area (Å²) in [5.74, 6) is -0.0648. The van der Waals surface area contributed by atoms with Gasteiger partial charge in [-0.2, -0.15) is 5.10 Å². The standard InChI is InChI=1S/C9H10N4O/c1-12-6-10-5-8(12)9(14)7-3-4-11-13(7)2/h3-6H,1-2H3. The highest BCUT2D eigenvalue weighted by molar-refractivity contribution is 6.06. The molecule has 0 unspecified atom stereocenters. The number of aryl methyl sites for hydroxylation is 2. The molecular weight excluding hydrogens is 180 g/mol. The first kappa shape index (κ1) is 8.68. The van der Waals surface area contributed by atoms with Crippen molar-refractivity contribution < 1.29 is 4.79 Å².